The largest absolute Gasteiger partial charge is 0.478 e. The zero-order valence-corrected chi connectivity index (χ0v) is 10.6. The summed E-state index contributed by atoms with van der Waals surface area (Å²) in [5.74, 6) is -0.952. The first-order valence-electron chi connectivity index (χ1n) is 6.19. The zero-order valence-electron chi connectivity index (χ0n) is 10.6. The molecule has 2 aromatic carbocycles. The summed E-state index contributed by atoms with van der Waals surface area (Å²) in [6, 6.07) is 16.4. The second-order valence-electron chi connectivity index (χ2n) is 4.35. The van der Waals surface area contributed by atoms with Crippen LogP contribution in [0.3, 0.4) is 0 Å². The number of hydrogen-bond donors (Lipinski definition) is 2. The van der Waals surface area contributed by atoms with E-state index >= 15 is 0 Å². The highest BCUT2D eigenvalue weighted by molar-refractivity contribution is 5.98. The molecule has 0 aliphatic carbocycles. The molecule has 0 aliphatic heterocycles. The van der Waals surface area contributed by atoms with Crippen molar-refractivity contribution in [2.24, 2.45) is 0 Å². The Hall–Kier alpha value is -2.88. The van der Waals surface area contributed by atoms with Crippen molar-refractivity contribution >= 4 is 28.2 Å². The molecule has 0 amide bonds. The van der Waals surface area contributed by atoms with Gasteiger partial charge in [-0.1, -0.05) is 18.2 Å². The van der Waals surface area contributed by atoms with Crippen molar-refractivity contribution in [3.8, 4) is 0 Å². The lowest BCUT2D eigenvalue weighted by molar-refractivity contribution is 0.0698. The molecule has 4 heteroatoms. The number of para-hydroxylation sites is 1. The standard InChI is InChI=1S/C16H12N2O2/c19-16(20)12-5-1-2-7-15(12)18-14-9-3-8-13-11(14)6-4-10-17-13/h1-10,18H,(H,19,20). The third kappa shape index (κ3) is 2.19. The van der Waals surface area contributed by atoms with Crippen molar-refractivity contribution in [2.45, 2.75) is 0 Å². The summed E-state index contributed by atoms with van der Waals surface area (Å²) in [7, 11) is 0. The van der Waals surface area contributed by atoms with Crippen LogP contribution in [-0.2, 0) is 0 Å². The van der Waals surface area contributed by atoms with Crippen LogP contribution in [0.5, 0.6) is 0 Å². The van der Waals surface area contributed by atoms with Crippen molar-refractivity contribution in [3.63, 3.8) is 0 Å². The van der Waals surface area contributed by atoms with Gasteiger partial charge in [0.1, 0.15) is 0 Å². The summed E-state index contributed by atoms with van der Waals surface area (Å²) >= 11 is 0. The molecule has 0 radical (unpaired) electrons. The van der Waals surface area contributed by atoms with Gasteiger partial charge in [0.25, 0.3) is 0 Å². The van der Waals surface area contributed by atoms with E-state index in [2.05, 4.69) is 10.3 Å². The number of carboxylic acid groups (broad SMARTS) is 1. The minimum absolute atomic E-state index is 0.244. The predicted octanol–water partition coefficient (Wildman–Crippen LogP) is 3.68. The number of rotatable bonds is 3. The molecule has 4 nitrogen and oxygen atoms in total. The molecule has 3 aromatic rings. The molecule has 1 heterocycles. The van der Waals surface area contributed by atoms with E-state index in [0.717, 1.165) is 16.6 Å². The fourth-order valence-electron chi connectivity index (χ4n) is 2.14. The van der Waals surface area contributed by atoms with Gasteiger partial charge in [0.05, 0.1) is 16.8 Å². The van der Waals surface area contributed by atoms with Gasteiger partial charge in [0.2, 0.25) is 0 Å². The Labute approximate surface area is 115 Å². The van der Waals surface area contributed by atoms with Crippen LogP contribution in [0.15, 0.2) is 60.8 Å². The Kier molecular flexibility index (Phi) is 3.05. The van der Waals surface area contributed by atoms with E-state index < -0.39 is 5.97 Å². The van der Waals surface area contributed by atoms with Crippen LogP contribution in [0.2, 0.25) is 0 Å². The smallest absolute Gasteiger partial charge is 0.337 e. The maximum absolute atomic E-state index is 11.2. The lowest BCUT2D eigenvalue weighted by atomic mass is 10.1. The van der Waals surface area contributed by atoms with Gasteiger partial charge in [-0.25, -0.2) is 4.79 Å². The summed E-state index contributed by atoms with van der Waals surface area (Å²) in [5, 5.41) is 13.3. The topological polar surface area (TPSA) is 62.2 Å². The van der Waals surface area contributed by atoms with E-state index in [1.54, 1.807) is 30.5 Å². The van der Waals surface area contributed by atoms with Gasteiger partial charge in [-0.2, -0.15) is 0 Å². The lowest BCUT2D eigenvalue weighted by Gasteiger charge is -2.11. The van der Waals surface area contributed by atoms with Crippen molar-refractivity contribution < 1.29 is 9.90 Å². The summed E-state index contributed by atoms with van der Waals surface area (Å²) < 4.78 is 0. The van der Waals surface area contributed by atoms with Crippen LogP contribution < -0.4 is 5.32 Å². The van der Waals surface area contributed by atoms with E-state index in [9.17, 15) is 9.90 Å². The molecular formula is C16H12N2O2. The van der Waals surface area contributed by atoms with Crippen molar-refractivity contribution in [3.05, 3.63) is 66.4 Å². The molecule has 3 rings (SSSR count). The third-order valence-electron chi connectivity index (χ3n) is 3.07. The second kappa shape index (κ2) is 5.01. The number of nitrogens with zero attached hydrogens (tertiary/aromatic N) is 1. The highest BCUT2D eigenvalue weighted by Gasteiger charge is 2.10. The zero-order chi connectivity index (χ0) is 13.9. The van der Waals surface area contributed by atoms with E-state index in [0.29, 0.717) is 5.69 Å². The number of carbonyl (C=O) groups is 1. The lowest BCUT2D eigenvalue weighted by Crippen LogP contribution is -2.02. The van der Waals surface area contributed by atoms with Gasteiger partial charge in [0.15, 0.2) is 0 Å². The van der Waals surface area contributed by atoms with Crippen LogP contribution in [0.4, 0.5) is 11.4 Å². The first-order valence-corrected chi connectivity index (χ1v) is 6.19. The summed E-state index contributed by atoms with van der Waals surface area (Å²) in [5.41, 5.74) is 2.51. The quantitative estimate of drug-likeness (QED) is 0.757. The number of aromatic carboxylic acids is 1. The maximum atomic E-state index is 11.2. The van der Waals surface area contributed by atoms with Crippen LogP contribution in [0, 0.1) is 0 Å². The van der Waals surface area contributed by atoms with E-state index in [1.165, 1.54) is 0 Å². The van der Waals surface area contributed by atoms with Crippen molar-refractivity contribution in [2.75, 3.05) is 5.32 Å². The Balaban J connectivity index is 2.08. The summed E-state index contributed by atoms with van der Waals surface area (Å²) in [6.45, 7) is 0. The van der Waals surface area contributed by atoms with E-state index in [4.69, 9.17) is 0 Å². The number of nitrogens with one attached hydrogen (secondary N) is 1. The molecule has 0 saturated carbocycles. The molecule has 20 heavy (non-hydrogen) atoms. The molecule has 0 saturated heterocycles. The minimum Gasteiger partial charge on any atom is -0.478 e. The molecular weight excluding hydrogens is 252 g/mol. The molecule has 2 N–H and O–H groups in total. The Morgan fingerprint density at radius 3 is 2.60 bits per heavy atom. The normalized spacial score (nSPS) is 10.4. The highest BCUT2D eigenvalue weighted by Crippen LogP contribution is 2.26. The molecule has 0 fully saturated rings. The van der Waals surface area contributed by atoms with Crippen molar-refractivity contribution in [1.82, 2.24) is 4.98 Å². The number of carboxylic acids is 1. The van der Waals surface area contributed by atoms with Gasteiger partial charge in [0, 0.05) is 17.3 Å². The number of aromatic nitrogens is 1. The second-order valence-corrected chi connectivity index (χ2v) is 4.35. The average Bonchev–Trinajstić information content (AvgIpc) is 2.48. The first kappa shape index (κ1) is 12.2. The predicted molar refractivity (Wildman–Crippen MR) is 78.4 cm³/mol. The van der Waals surface area contributed by atoms with Crippen molar-refractivity contribution in [1.29, 1.82) is 0 Å². The van der Waals surface area contributed by atoms with Crippen LogP contribution in [0.25, 0.3) is 10.9 Å². The Morgan fingerprint density at radius 2 is 1.75 bits per heavy atom. The summed E-state index contributed by atoms with van der Waals surface area (Å²) in [4.78, 5) is 15.5. The van der Waals surface area contributed by atoms with Crippen LogP contribution >= 0.6 is 0 Å². The number of pyridine rings is 1. The molecule has 0 unspecified atom stereocenters. The highest BCUT2D eigenvalue weighted by atomic mass is 16.4. The number of hydrogen-bond acceptors (Lipinski definition) is 3. The monoisotopic (exact) mass is 264 g/mol. The Morgan fingerprint density at radius 1 is 0.950 bits per heavy atom. The maximum Gasteiger partial charge on any atom is 0.337 e. The molecule has 0 atom stereocenters. The molecule has 1 aromatic heterocycles. The van der Waals surface area contributed by atoms with Gasteiger partial charge in [-0.3, -0.25) is 4.98 Å². The molecule has 0 aliphatic rings. The van der Waals surface area contributed by atoms with Gasteiger partial charge < -0.3 is 10.4 Å². The molecule has 0 spiro atoms. The summed E-state index contributed by atoms with van der Waals surface area (Å²) in [6.07, 6.45) is 1.73. The third-order valence-corrected chi connectivity index (χ3v) is 3.07. The van der Waals surface area contributed by atoms with Crippen LogP contribution in [-0.4, -0.2) is 16.1 Å². The number of fused-ring (bicyclic) bond motifs is 1. The number of anilines is 2. The SMILES string of the molecule is O=C(O)c1ccccc1Nc1cccc2ncccc12. The number of benzene rings is 2. The Bertz CT molecular complexity index is 779. The van der Waals surface area contributed by atoms with Crippen LogP contribution in [0.1, 0.15) is 10.4 Å². The van der Waals surface area contributed by atoms with Gasteiger partial charge in [-0.15, -0.1) is 0 Å². The molecule has 0 bridgehead atoms. The minimum atomic E-state index is -0.952. The fraction of sp³-hybridized carbons (Fsp3) is 0. The van der Waals surface area contributed by atoms with Gasteiger partial charge in [-0.05, 0) is 36.4 Å². The van der Waals surface area contributed by atoms with E-state index in [-0.39, 0.29) is 5.56 Å². The fourth-order valence-corrected chi connectivity index (χ4v) is 2.14. The van der Waals surface area contributed by atoms with E-state index in [1.807, 2.05) is 30.3 Å². The van der Waals surface area contributed by atoms with Gasteiger partial charge >= 0.3 is 5.97 Å². The first-order chi connectivity index (χ1) is 9.75. The average molecular weight is 264 g/mol. The molecule has 98 valence electrons.